The van der Waals surface area contributed by atoms with Crippen molar-refractivity contribution in [2.75, 3.05) is 17.2 Å². The first-order valence-corrected chi connectivity index (χ1v) is 12.4. The highest BCUT2D eigenvalue weighted by atomic mass is 35.5. The lowest BCUT2D eigenvalue weighted by atomic mass is 9.79. The van der Waals surface area contributed by atoms with E-state index in [1.165, 1.54) is 0 Å². The maximum atomic E-state index is 13.7. The van der Waals surface area contributed by atoms with Gasteiger partial charge >= 0.3 is 5.97 Å². The third-order valence-corrected chi connectivity index (χ3v) is 7.12. The molecule has 2 heterocycles. The fourth-order valence-electron chi connectivity index (χ4n) is 5.22. The van der Waals surface area contributed by atoms with Gasteiger partial charge in [0.15, 0.2) is 0 Å². The number of rotatable bonds is 6. The lowest BCUT2D eigenvalue weighted by molar-refractivity contribution is -0.130. The molecule has 2 aliphatic heterocycles. The summed E-state index contributed by atoms with van der Waals surface area (Å²) in [4.78, 5) is 39.1. The molecule has 5 rings (SSSR count). The van der Waals surface area contributed by atoms with E-state index in [0.29, 0.717) is 40.4 Å². The highest BCUT2D eigenvalue weighted by Gasteiger charge is 2.60. The van der Waals surface area contributed by atoms with Gasteiger partial charge in [-0.15, -0.1) is 0 Å². The molecule has 3 aromatic carbocycles. The van der Waals surface area contributed by atoms with E-state index < -0.39 is 17.4 Å². The first-order valence-electron chi connectivity index (χ1n) is 12.0. The summed E-state index contributed by atoms with van der Waals surface area (Å²) >= 11 is 6.30. The first kappa shape index (κ1) is 24.8. The molecule has 1 saturated heterocycles. The summed E-state index contributed by atoms with van der Waals surface area (Å²) in [6.45, 7) is 2.00. The Bertz CT molecular complexity index is 1360. The van der Waals surface area contributed by atoms with Gasteiger partial charge in [0, 0.05) is 28.0 Å². The van der Waals surface area contributed by atoms with Gasteiger partial charge in [-0.3, -0.25) is 14.9 Å². The van der Waals surface area contributed by atoms with Crippen molar-refractivity contribution in [1.82, 2.24) is 5.32 Å². The van der Waals surface area contributed by atoms with Gasteiger partial charge in [-0.2, -0.15) is 0 Å². The van der Waals surface area contributed by atoms with Gasteiger partial charge in [0.1, 0.15) is 11.3 Å². The maximum Gasteiger partial charge on any atom is 0.338 e. The molecular formula is C28H26ClN3O5. The summed E-state index contributed by atoms with van der Waals surface area (Å²) in [5.74, 6) is -1.64. The van der Waals surface area contributed by atoms with Crippen LogP contribution in [0.3, 0.4) is 0 Å². The van der Waals surface area contributed by atoms with E-state index >= 15 is 0 Å². The molecule has 1 spiro atoms. The van der Waals surface area contributed by atoms with E-state index in [4.69, 9.17) is 16.3 Å². The molecule has 3 aromatic rings. The summed E-state index contributed by atoms with van der Waals surface area (Å²) < 4.78 is 5.01. The van der Waals surface area contributed by atoms with Crippen LogP contribution in [0.25, 0.3) is 0 Å². The van der Waals surface area contributed by atoms with E-state index in [-0.39, 0.29) is 30.2 Å². The molecular weight excluding hydrogens is 494 g/mol. The third-order valence-electron chi connectivity index (χ3n) is 6.89. The molecule has 2 aliphatic rings. The predicted octanol–water partition coefficient (Wildman–Crippen LogP) is 4.23. The largest absolute Gasteiger partial charge is 0.508 e. The zero-order valence-electron chi connectivity index (χ0n) is 20.1. The minimum atomic E-state index is -1.29. The molecule has 0 bridgehead atoms. The molecule has 2 amide bonds. The van der Waals surface area contributed by atoms with Gasteiger partial charge in [-0.25, -0.2) is 4.79 Å². The number of amides is 2. The van der Waals surface area contributed by atoms with Crippen molar-refractivity contribution < 1.29 is 24.2 Å². The Kier molecular flexibility index (Phi) is 6.62. The van der Waals surface area contributed by atoms with Crippen LogP contribution in [-0.4, -0.2) is 35.5 Å². The Morgan fingerprint density at radius 1 is 1.11 bits per heavy atom. The van der Waals surface area contributed by atoms with Gasteiger partial charge in [0.05, 0.1) is 18.1 Å². The second-order valence-corrected chi connectivity index (χ2v) is 9.68. The van der Waals surface area contributed by atoms with Gasteiger partial charge in [0.25, 0.3) is 0 Å². The number of phenolic OH excluding ortho intramolecular Hbond substituents is 1. The van der Waals surface area contributed by atoms with Crippen molar-refractivity contribution in [1.29, 1.82) is 0 Å². The number of halogens is 1. The topological polar surface area (TPSA) is 117 Å². The highest BCUT2D eigenvalue weighted by Crippen LogP contribution is 2.48. The van der Waals surface area contributed by atoms with E-state index in [2.05, 4.69) is 16.0 Å². The van der Waals surface area contributed by atoms with E-state index in [9.17, 15) is 19.5 Å². The van der Waals surface area contributed by atoms with Gasteiger partial charge in [-0.05, 0) is 79.9 Å². The van der Waals surface area contributed by atoms with Crippen LogP contribution in [0.15, 0.2) is 66.7 Å². The van der Waals surface area contributed by atoms with Gasteiger partial charge in [0.2, 0.25) is 11.8 Å². The van der Waals surface area contributed by atoms with Crippen LogP contribution in [0.2, 0.25) is 5.02 Å². The first-order chi connectivity index (χ1) is 17.8. The average Bonchev–Trinajstić information content (AvgIpc) is 3.39. The van der Waals surface area contributed by atoms with Crippen LogP contribution in [-0.2, 0) is 26.3 Å². The summed E-state index contributed by atoms with van der Waals surface area (Å²) in [7, 11) is 0. The van der Waals surface area contributed by atoms with Gasteiger partial charge in [-0.1, -0.05) is 23.7 Å². The Balaban J connectivity index is 1.44. The Morgan fingerprint density at radius 3 is 2.54 bits per heavy atom. The summed E-state index contributed by atoms with van der Waals surface area (Å²) in [5.41, 5.74) is 1.80. The zero-order valence-corrected chi connectivity index (χ0v) is 20.8. The van der Waals surface area contributed by atoms with Crippen molar-refractivity contribution in [2.24, 2.45) is 5.92 Å². The molecule has 1 fully saturated rings. The number of carbonyl (C=O) groups excluding carboxylic acids is 3. The smallest absolute Gasteiger partial charge is 0.338 e. The molecule has 9 heteroatoms. The average molecular weight is 520 g/mol. The maximum absolute atomic E-state index is 13.7. The van der Waals surface area contributed by atoms with E-state index in [1.54, 1.807) is 61.5 Å². The molecule has 0 saturated carbocycles. The summed E-state index contributed by atoms with van der Waals surface area (Å²) in [6, 6.07) is 18.3. The molecule has 3 unspecified atom stereocenters. The lowest BCUT2D eigenvalue weighted by Crippen LogP contribution is -2.52. The Hall–Kier alpha value is -3.88. The zero-order chi connectivity index (χ0) is 26.2. The number of carbonyl (C=O) groups is 3. The van der Waals surface area contributed by atoms with Crippen LogP contribution in [0.4, 0.5) is 11.4 Å². The molecule has 0 aromatic heterocycles. The quantitative estimate of drug-likeness (QED) is 0.362. The normalized spacial score (nSPS) is 21.9. The second-order valence-electron chi connectivity index (χ2n) is 9.24. The van der Waals surface area contributed by atoms with Crippen LogP contribution in [0.5, 0.6) is 5.75 Å². The standard InChI is InChI=1S/C28H26ClN3O5/c1-2-37-26(35)17-5-8-19(9-6-17)30-25(34)23-15-20(13-16-3-10-21(33)11-4-16)32-28(23)22-14-18(29)7-12-24(22)31-27(28)36/h3-12,14,20,23,32-33H,2,13,15H2,1H3,(H,30,34)(H,31,36). The molecule has 37 heavy (non-hydrogen) atoms. The van der Waals surface area contributed by atoms with Crippen molar-refractivity contribution >= 4 is 40.8 Å². The molecule has 8 nitrogen and oxygen atoms in total. The minimum Gasteiger partial charge on any atom is -0.508 e. The molecule has 190 valence electrons. The van der Waals surface area contributed by atoms with Crippen molar-refractivity contribution in [3.8, 4) is 5.75 Å². The number of benzene rings is 3. The predicted molar refractivity (Wildman–Crippen MR) is 140 cm³/mol. The van der Waals surface area contributed by atoms with Crippen LogP contribution in [0, 0.1) is 5.92 Å². The second kappa shape index (κ2) is 9.88. The van der Waals surface area contributed by atoms with Crippen molar-refractivity contribution in [3.63, 3.8) is 0 Å². The number of ether oxygens (including phenoxy) is 1. The summed E-state index contributed by atoms with van der Waals surface area (Å²) in [5, 5.41) is 19.4. The number of fused-ring (bicyclic) bond motifs is 2. The number of anilines is 2. The number of hydrogen-bond acceptors (Lipinski definition) is 6. The van der Waals surface area contributed by atoms with Crippen molar-refractivity contribution in [2.45, 2.75) is 31.3 Å². The number of aromatic hydroxyl groups is 1. The summed E-state index contributed by atoms with van der Waals surface area (Å²) in [6.07, 6.45) is 0.955. The minimum absolute atomic E-state index is 0.171. The molecule has 3 atom stereocenters. The van der Waals surface area contributed by atoms with Crippen LogP contribution >= 0.6 is 11.6 Å². The SMILES string of the molecule is CCOC(=O)c1ccc(NC(=O)C2CC(Cc3ccc(O)cc3)NC23C(=O)Nc2ccc(Cl)cc23)cc1. The van der Waals surface area contributed by atoms with E-state index in [0.717, 1.165) is 5.56 Å². The Morgan fingerprint density at radius 2 is 1.84 bits per heavy atom. The van der Waals surface area contributed by atoms with E-state index in [1.807, 2.05) is 12.1 Å². The highest BCUT2D eigenvalue weighted by molar-refractivity contribution is 6.31. The fourth-order valence-corrected chi connectivity index (χ4v) is 5.39. The van der Waals surface area contributed by atoms with Crippen LogP contribution < -0.4 is 16.0 Å². The third kappa shape index (κ3) is 4.65. The molecule has 4 N–H and O–H groups in total. The molecule has 0 radical (unpaired) electrons. The lowest BCUT2D eigenvalue weighted by Gasteiger charge is -2.29. The number of nitrogens with one attached hydrogen (secondary N) is 3. The van der Waals surface area contributed by atoms with Crippen LogP contribution in [0.1, 0.15) is 34.8 Å². The van der Waals surface area contributed by atoms with Gasteiger partial charge < -0.3 is 20.5 Å². The fraction of sp³-hybridized carbons (Fsp3) is 0.250. The Labute approximate surface area is 219 Å². The monoisotopic (exact) mass is 519 g/mol. The van der Waals surface area contributed by atoms with Crippen molar-refractivity contribution in [3.05, 3.63) is 88.4 Å². The number of esters is 1. The molecule has 0 aliphatic carbocycles. The number of phenols is 1. The number of hydrogen-bond donors (Lipinski definition) is 4.